The van der Waals surface area contributed by atoms with Crippen LogP contribution in [-0.4, -0.2) is 64.6 Å². The normalized spacial score (nSPS) is 14.0. The van der Waals surface area contributed by atoms with Gasteiger partial charge in [-0.05, 0) is 61.4 Å². The summed E-state index contributed by atoms with van der Waals surface area (Å²) in [7, 11) is 0. The van der Waals surface area contributed by atoms with Crippen LogP contribution in [0.5, 0.6) is 5.75 Å². The van der Waals surface area contributed by atoms with E-state index in [1.165, 1.54) is 12.1 Å². The van der Waals surface area contributed by atoms with E-state index < -0.39 is 47.9 Å². The second-order valence-corrected chi connectivity index (χ2v) is 10.1. The van der Waals surface area contributed by atoms with Crippen LogP contribution in [0.4, 0.5) is 0 Å². The molecule has 4 unspecified atom stereocenters. The van der Waals surface area contributed by atoms with Crippen molar-refractivity contribution in [3.63, 3.8) is 0 Å². The highest BCUT2D eigenvalue weighted by Gasteiger charge is 2.32. The lowest BCUT2D eigenvalue weighted by molar-refractivity contribution is -0.142. The maximum Gasteiger partial charge on any atom is 0.326 e. The van der Waals surface area contributed by atoms with Gasteiger partial charge in [0.2, 0.25) is 17.7 Å². The first kappa shape index (κ1) is 32.3. The fourth-order valence-electron chi connectivity index (χ4n) is 4.12. The number of carbonyl (C=O) groups excluding carboxylic acids is 3. The maximum atomic E-state index is 13.3. The molecule has 0 radical (unpaired) electrons. The molecule has 0 bridgehead atoms. The number of aromatic hydroxyl groups is 1. The second kappa shape index (κ2) is 16.2. The highest BCUT2D eigenvalue weighted by molar-refractivity contribution is 5.94. The lowest BCUT2D eigenvalue weighted by Crippen LogP contribution is -2.58. The summed E-state index contributed by atoms with van der Waals surface area (Å²) in [6, 6.07) is 11.1. The number of carboxylic acids is 1. The number of phenolic OH excluding ortho intramolecular Hbond substituents is 1. The first-order valence-electron chi connectivity index (χ1n) is 13.4. The number of unbranched alkanes of at least 4 members (excludes halogenated alkanes) is 1. The molecule has 11 heteroatoms. The van der Waals surface area contributed by atoms with Crippen molar-refractivity contribution in [2.45, 2.75) is 70.1 Å². The van der Waals surface area contributed by atoms with Crippen LogP contribution >= 0.6 is 0 Å². The monoisotopic (exact) mass is 555 g/mol. The van der Waals surface area contributed by atoms with Crippen molar-refractivity contribution in [1.82, 2.24) is 16.0 Å². The zero-order valence-corrected chi connectivity index (χ0v) is 23.0. The van der Waals surface area contributed by atoms with Crippen molar-refractivity contribution >= 4 is 23.7 Å². The summed E-state index contributed by atoms with van der Waals surface area (Å²) in [4.78, 5) is 51.2. The molecule has 9 N–H and O–H groups in total. The molecule has 0 aromatic heterocycles. The minimum absolute atomic E-state index is 0.0807. The van der Waals surface area contributed by atoms with E-state index in [0.29, 0.717) is 19.4 Å². The second-order valence-electron chi connectivity index (χ2n) is 10.1. The van der Waals surface area contributed by atoms with E-state index in [0.717, 1.165) is 11.1 Å². The van der Waals surface area contributed by atoms with Gasteiger partial charge in [-0.1, -0.05) is 56.3 Å². The summed E-state index contributed by atoms with van der Waals surface area (Å²) in [5.41, 5.74) is 13.2. The van der Waals surface area contributed by atoms with E-state index in [2.05, 4.69) is 16.0 Å². The average Bonchev–Trinajstić information content (AvgIpc) is 2.92. The topological polar surface area (TPSA) is 197 Å². The smallest absolute Gasteiger partial charge is 0.326 e. The molecule has 0 aliphatic heterocycles. The van der Waals surface area contributed by atoms with Gasteiger partial charge in [-0.3, -0.25) is 14.4 Å². The average molecular weight is 556 g/mol. The van der Waals surface area contributed by atoms with Crippen LogP contribution < -0.4 is 27.4 Å². The summed E-state index contributed by atoms with van der Waals surface area (Å²) in [6.45, 7) is 3.87. The molecule has 11 nitrogen and oxygen atoms in total. The number of amides is 3. The Labute approximate surface area is 234 Å². The zero-order valence-electron chi connectivity index (χ0n) is 23.0. The summed E-state index contributed by atoms with van der Waals surface area (Å²) in [5.74, 6) is -3.22. The molecule has 0 aliphatic rings. The lowest BCUT2D eigenvalue weighted by Gasteiger charge is -2.27. The molecule has 0 aliphatic carbocycles. The molecule has 0 saturated heterocycles. The number of hydrogen-bond acceptors (Lipinski definition) is 7. The quantitative estimate of drug-likeness (QED) is 0.148. The SMILES string of the molecule is CC(C)C(NC(=O)C(CCCCN)NC(=O)C(N)Cc1ccc(O)cc1)C(=O)NC(Cc1ccccc1)C(=O)O. The number of aliphatic carboxylic acids is 1. The van der Waals surface area contributed by atoms with E-state index in [1.54, 1.807) is 50.2 Å². The molecular weight excluding hydrogens is 514 g/mol. The number of nitrogens with one attached hydrogen (secondary N) is 3. The van der Waals surface area contributed by atoms with Crippen LogP contribution in [0.2, 0.25) is 0 Å². The molecule has 0 fully saturated rings. The summed E-state index contributed by atoms with van der Waals surface area (Å²) >= 11 is 0. The first-order chi connectivity index (χ1) is 19.0. The highest BCUT2D eigenvalue weighted by atomic mass is 16.4. The Morgan fingerprint density at radius 1 is 0.775 bits per heavy atom. The van der Waals surface area contributed by atoms with Crippen LogP contribution in [0.25, 0.3) is 0 Å². The molecule has 4 atom stereocenters. The van der Waals surface area contributed by atoms with Crippen LogP contribution in [-0.2, 0) is 32.0 Å². The van der Waals surface area contributed by atoms with Gasteiger partial charge in [0.15, 0.2) is 0 Å². The fourth-order valence-corrected chi connectivity index (χ4v) is 4.12. The van der Waals surface area contributed by atoms with Crippen molar-refractivity contribution in [2.75, 3.05) is 6.54 Å². The Morgan fingerprint density at radius 2 is 1.38 bits per heavy atom. The predicted octanol–water partition coefficient (Wildman–Crippen LogP) is 0.829. The number of carboxylic acid groups (broad SMARTS) is 1. The van der Waals surface area contributed by atoms with E-state index in [9.17, 15) is 29.4 Å². The molecular formula is C29H41N5O6. The molecule has 3 amide bonds. The van der Waals surface area contributed by atoms with Gasteiger partial charge in [-0.15, -0.1) is 0 Å². The minimum atomic E-state index is -1.19. The van der Waals surface area contributed by atoms with Crippen molar-refractivity contribution in [3.05, 3.63) is 65.7 Å². The standard InChI is InChI=1S/C29H41N5O6/c1-18(2)25(28(38)33-24(29(39)40)17-19-8-4-3-5-9-19)34-27(37)23(10-6-7-15-30)32-26(36)22(31)16-20-11-13-21(35)14-12-20/h3-5,8-9,11-14,18,22-25,35H,6-7,10,15-17,30-31H2,1-2H3,(H,32,36)(H,33,38)(H,34,37)(H,39,40). The number of phenols is 1. The summed E-state index contributed by atoms with van der Waals surface area (Å²) in [5, 5.41) is 27.1. The van der Waals surface area contributed by atoms with E-state index in [-0.39, 0.29) is 30.9 Å². The van der Waals surface area contributed by atoms with E-state index in [4.69, 9.17) is 11.5 Å². The van der Waals surface area contributed by atoms with Crippen molar-refractivity contribution in [2.24, 2.45) is 17.4 Å². The zero-order chi connectivity index (χ0) is 29.7. The fraction of sp³-hybridized carbons (Fsp3) is 0.448. The molecule has 2 rings (SSSR count). The molecule has 2 aromatic rings. The first-order valence-corrected chi connectivity index (χ1v) is 13.4. The highest BCUT2D eigenvalue weighted by Crippen LogP contribution is 2.12. The third-order valence-electron chi connectivity index (χ3n) is 6.45. The minimum Gasteiger partial charge on any atom is -0.508 e. The lowest BCUT2D eigenvalue weighted by atomic mass is 10.00. The van der Waals surface area contributed by atoms with Gasteiger partial charge in [-0.2, -0.15) is 0 Å². The number of hydrogen-bond donors (Lipinski definition) is 7. The number of nitrogens with two attached hydrogens (primary N) is 2. The summed E-state index contributed by atoms with van der Waals surface area (Å²) in [6.07, 6.45) is 1.74. The Morgan fingerprint density at radius 3 is 1.95 bits per heavy atom. The van der Waals surface area contributed by atoms with Crippen LogP contribution in [0.1, 0.15) is 44.2 Å². The van der Waals surface area contributed by atoms with Gasteiger partial charge in [0, 0.05) is 6.42 Å². The number of rotatable bonds is 16. The summed E-state index contributed by atoms with van der Waals surface area (Å²) < 4.78 is 0. The number of carbonyl (C=O) groups is 4. The molecule has 2 aromatic carbocycles. The third kappa shape index (κ3) is 10.7. The molecule has 218 valence electrons. The van der Waals surface area contributed by atoms with Gasteiger partial charge in [0.05, 0.1) is 6.04 Å². The van der Waals surface area contributed by atoms with Crippen LogP contribution in [0, 0.1) is 5.92 Å². The molecule has 0 heterocycles. The van der Waals surface area contributed by atoms with Gasteiger partial charge in [-0.25, -0.2) is 4.79 Å². The van der Waals surface area contributed by atoms with E-state index in [1.807, 2.05) is 6.07 Å². The number of benzene rings is 2. The van der Waals surface area contributed by atoms with Crippen molar-refractivity contribution in [1.29, 1.82) is 0 Å². The molecule has 40 heavy (non-hydrogen) atoms. The van der Waals surface area contributed by atoms with Crippen LogP contribution in [0.3, 0.4) is 0 Å². The van der Waals surface area contributed by atoms with Gasteiger partial charge < -0.3 is 37.6 Å². The Hall–Kier alpha value is -3.96. The van der Waals surface area contributed by atoms with Crippen LogP contribution in [0.15, 0.2) is 54.6 Å². The van der Waals surface area contributed by atoms with Gasteiger partial charge >= 0.3 is 5.97 Å². The largest absolute Gasteiger partial charge is 0.508 e. The molecule has 0 spiro atoms. The van der Waals surface area contributed by atoms with Gasteiger partial charge in [0.1, 0.15) is 23.9 Å². The molecule has 0 saturated carbocycles. The van der Waals surface area contributed by atoms with E-state index >= 15 is 0 Å². The maximum absolute atomic E-state index is 13.3. The third-order valence-corrected chi connectivity index (χ3v) is 6.45. The van der Waals surface area contributed by atoms with Crippen molar-refractivity contribution < 1.29 is 29.4 Å². The predicted molar refractivity (Wildman–Crippen MR) is 151 cm³/mol. The van der Waals surface area contributed by atoms with Gasteiger partial charge in [0.25, 0.3) is 0 Å². The Kier molecular flexibility index (Phi) is 13.1. The Bertz CT molecular complexity index is 1110. The Balaban J connectivity index is 2.10. The van der Waals surface area contributed by atoms with Crippen molar-refractivity contribution in [3.8, 4) is 5.75 Å².